The number of ketones is 2. The van der Waals surface area contributed by atoms with Crippen molar-refractivity contribution in [2.45, 2.75) is 64.3 Å². The first-order valence-electron chi connectivity index (χ1n) is 9.26. The standard InChI is InChI=1S/C19H26O5/c1-9-4-5-18(23)8-19-10-7-24-11(10)6-12(20)16(19,2)15(22)14(21)13(9)17(18,19)3/h9-13,20,23H,4-8H2,1-3H3. The van der Waals surface area contributed by atoms with Crippen LogP contribution in [0, 0.1) is 34.0 Å². The number of hydrogen-bond donors (Lipinski definition) is 2. The SMILES string of the molecule is CC1CCC2(O)CC34C5COC5CC(O)C3(C)C(=O)C(=O)C1C24C. The summed E-state index contributed by atoms with van der Waals surface area (Å²) in [6.07, 6.45) is 1.45. The van der Waals surface area contributed by atoms with Gasteiger partial charge < -0.3 is 14.9 Å². The van der Waals surface area contributed by atoms with E-state index >= 15 is 0 Å². The van der Waals surface area contributed by atoms with E-state index in [0.29, 0.717) is 25.9 Å². The van der Waals surface area contributed by atoms with Gasteiger partial charge in [-0.1, -0.05) is 13.8 Å². The van der Waals surface area contributed by atoms with Gasteiger partial charge in [-0.3, -0.25) is 9.59 Å². The summed E-state index contributed by atoms with van der Waals surface area (Å²) in [6, 6.07) is 0. The van der Waals surface area contributed by atoms with E-state index in [1.165, 1.54) is 0 Å². The molecule has 1 saturated heterocycles. The third kappa shape index (κ3) is 1.14. The molecule has 5 nitrogen and oxygen atoms in total. The van der Waals surface area contributed by atoms with Crippen LogP contribution >= 0.6 is 0 Å². The van der Waals surface area contributed by atoms with Crippen LogP contribution in [-0.2, 0) is 14.3 Å². The molecule has 4 aliphatic carbocycles. The van der Waals surface area contributed by atoms with Crippen LogP contribution in [-0.4, -0.2) is 46.2 Å². The molecule has 0 amide bonds. The summed E-state index contributed by atoms with van der Waals surface area (Å²) in [5.74, 6) is -0.956. The number of aliphatic hydroxyl groups is 2. The Morgan fingerprint density at radius 1 is 1.25 bits per heavy atom. The summed E-state index contributed by atoms with van der Waals surface area (Å²) >= 11 is 0. The summed E-state index contributed by atoms with van der Waals surface area (Å²) < 4.78 is 5.70. The van der Waals surface area contributed by atoms with Gasteiger partial charge in [0, 0.05) is 29.1 Å². The van der Waals surface area contributed by atoms with E-state index in [0.717, 1.165) is 6.42 Å². The van der Waals surface area contributed by atoms with Gasteiger partial charge in [-0.05, 0) is 32.1 Å². The van der Waals surface area contributed by atoms with E-state index in [2.05, 4.69) is 0 Å². The number of carbonyl (C=O) groups excluding carboxylic acids is 2. The van der Waals surface area contributed by atoms with Gasteiger partial charge in [-0.25, -0.2) is 0 Å². The summed E-state index contributed by atoms with van der Waals surface area (Å²) in [4.78, 5) is 26.3. The molecule has 0 aromatic rings. The highest BCUT2D eigenvalue weighted by Crippen LogP contribution is 2.83. The normalized spacial score (nSPS) is 64.3. The Labute approximate surface area is 141 Å². The molecule has 5 aliphatic rings. The van der Waals surface area contributed by atoms with Crippen molar-refractivity contribution in [3.8, 4) is 0 Å². The molecule has 132 valence electrons. The number of fused-ring (bicyclic) bond motifs is 1. The molecule has 24 heavy (non-hydrogen) atoms. The van der Waals surface area contributed by atoms with Crippen LogP contribution in [0.5, 0.6) is 0 Å². The Balaban J connectivity index is 1.79. The van der Waals surface area contributed by atoms with Crippen LogP contribution in [0.4, 0.5) is 0 Å². The smallest absolute Gasteiger partial charge is 0.207 e. The van der Waals surface area contributed by atoms with Gasteiger partial charge in [-0.2, -0.15) is 0 Å². The number of ether oxygens (including phenoxy) is 1. The molecule has 1 aliphatic heterocycles. The third-order valence-corrected chi connectivity index (χ3v) is 9.27. The largest absolute Gasteiger partial charge is 0.392 e. The zero-order chi connectivity index (χ0) is 17.3. The van der Waals surface area contributed by atoms with E-state index in [-0.39, 0.29) is 23.7 Å². The highest BCUT2D eigenvalue weighted by atomic mass is 16.5. The van der Waals surface area contributed by atoms with Crippen LogP contribution in [0.1, 0.15) is 46.5 Å². The van der Waals surface area contributed by atoms with Crippen molar-refractivity contribution in [3.63, 3.8) is 0 Å². The van der Waals surface area contributed by atoms with Crippen molar-refractivity contribution in [1.82, 2.24) is 0 Å². The fourth-order valence-corrected chi connectivity index (χ4v) is 7.92. The van der Waals surface area contributed by atoms with Gasteiger partial charge in [0.05, 0.1) is 29.8 Å². The zero-order valence-electron chi connectivity index (χ0n) is 14.5. The average molecular weight is 334 g/mol. The van der Waals surface area contributed by atoms with E-state index in [1.807, 2.05) is 13.8 Å². The molecule has 4 saturated carbocycles. The summed E-state index contributed by atoms with van der Waals surface area (Å²) in [6.45, 7) is 6.41. The van der Waals surface area contributed by atoms with Gasteiger partial charge >= 0.3 is 0 Å². The Kier molecular flexibility index (Phi) is 2.56. The van der Waals surface area contributed by atoms with Crippen LogP contribution < -0.4 is 0 Å². The molecule has 0 bridgehead atoms. The molecule has 5 rings (SSSR count). The Hall–Kier alpha value is -0.780. The van der Waals surface area contributed by atoms with Gasteiger partial charge in [0.25, 0.3) is 0 Å². The van der Waals surface area contributed by atoms with Crippen LogP contribution in [0.25, 0.3) is 0 Å². The molecule has 1 heterocycles. The molecular formula is C19H26O5. The third-order valence-electron chi connectivity index (χ3n) is 9.27. The van der Waals surface area contributed by atoms with Crippen LogP contribution in [0.3, 0.4) is 0 Å². The van der Waals surface area contributed by atoms with Crippen molar-refractivity contribution in [3.05, 3.63) is 0 Å². The fraction of sp³-hybridized carbons (Fsp3) is 0.895. The van der Waals surface area contributed by atoms with E-state index in [4.69, 9.17) is 4.74 Å². The minimum absolute atomic E-state index is 0.0478. The van der Waals surface area contributed by atoms with Gasteiger partial charge in [-0.15, -0.1) is 0 Å². The maximum absolute atomic E-state index is 13.2. The number of carbonyl (C=O) groups is 2. The number of hydrogen-bond acceptors (Lipinski definition) is 5. The molecule has 0 aromatic heterocycles. The molecule has 5 fully saturated rings. The maximum atomic E-state index is 13.2. The van der Waals surface area contributed by atoms with Gasteiger partial charge in [0.2, 0.25) is 11.6 Å². The van der Waals surface area contributed by atoms with Crippen LogP contribution in [0.15, 0.2) is 0 Å². The summed E-state index contributed by atoms with van der Waals surface area (Å²) in [5.41, 5.74) is -3.17. The predicted molar refractivity (Wildman–Crippen MR) is 84.0 cm³/mol. The predicted octanol–water partition coefficient (Wildman–Crippen LogP) is 1.10. The molecule has 2 N–H and O–H groups in total. The second kappa shape index (κ2) is 3.97. The van der Waals surface area contributed by atoms with Gasteiger partial charge in [0.1, 0.15) is 0 Å². The molecule has 9 unspecified atom stereocenters. The molecule has 0 radical (unpaired) electrons. The van der Waals surface area contributed by atoms with Crippen molar-refractivity contribution in [1.29, 1.82) is 0 Å². The first-order valence-corrected chi connectivity index (χ1v) is 9.26. The van der Waals surface area contributed by atoms with Crippen LogP contribution in [0.2, 0.25) is 0 Å². The Morgan fingerprint density at radius 2 is 1.96 bits per heavy atom. The zero-order valence-corrected chi connectivity index (χ0v) is 14.5. The lowest BCUT2D eigenvalue weighted by atomic mass is 9.21. The summed E-state index contributed by atoms with van der Waals surface area (Å²) in [7, 11) is 0. The fourth-order valence-electron chi connectivity index (χ4n) is 7.92. The molecule has 9 atom stereocenters. The lowest BCUT2D eigenvalue weighted by Gasteiger charge is -2.83. The monoisotopic (exact) mass is 334 g/mol. The average Bonchev–Trinajstić information content (AvgIpc) is 2.50. The lowest BCUT2D eigenvalue weighted by Crippen LogP contribution is -2.89. The van der Waals surface area contributed by atoms with E-state index in [9.17, 15) is 19.8 Å². The minimum Gasteiger partial charge on any atom is -0.392 e. The number of aliphatic hydroxyl groups excluding tert-OH is 1. The molecular weight excluding hydrogens is 308 g/mol. The number of Topliss-reactive ketones (excluding diaryl/α,β-unsaturated/α-hetero) is 2. The molecule has 1 spiro atoms. The maximum Gasteiger partial charge on any atom is 0.207 e. The van der Waals surface area contributed by atoms with Crippen molar-refractivity contribution < 1.29 is 24.5 Å². The topological polar surface area (TPSA) is 83.8 Å². The highest BCUT2D eigenvalue weighted by molar-refractivity contribution is 6.41. The minimum atomic E-state index is -1.09. The first-order chi connectivity index (χ1) is 11.1. The van der Waals surface area contributed by atoms with Crippen molar-refractivity contribution in [2.75, 3.05) is 6.61 Å². The van der Waals surface area contributed by atoms with Gasteiger partial charge in [0.15, 0.2) is 0 Å². The lowest BCUT2D eigenvalue weighted by molar-refractivity contribution is -0.409. The molecule has 5 heteroatoms. The molecule has 0 aromatic carbocycles. The first kappa shape index (κ1) is 15.5. The second-order valence-electron chi connectivity index (χ2n) is 9.50. The van der Waals surface area contributed by atoms with E-state index < -0.39 is 39.7 Å². The Bertz CT molecular complexity index is 675. The van der Waals surface area contributed by atoms with Crippen molar-refractivity contribution in [2.24, 2.45) is 34.0 Å². The van der Waals surface area contributed by atoms with E-state index in [1.54, 1.807) is 6.92 Å². The Morgan fingerprint density at radius 3 is 2.58 bits per heavy atom. The number of rotatable bonds is 0. The second-order valence-corrected chi connectivity index (χ2v) is 9.50. The summed E-state index contributed by atoms with van der Waals surface area (Å²) in [5, 5.41) is 22.3. The quantitative estimate of drug-likeness (QED) is 0.648. The van der Waals surface area contributed by atoms with Crippen molar-refractivity contribution >= 4 is 11.6 Å². The highest BCUT2D eigenvalue weighted by Gasteiger charge is 2.89.